The van der Waals surface area contributed by atoms with Gasteiger partial charge in [0.05, 0.1) is 0 Å². The molecule has 0 saturated heterocycles. The molecule has 0 aliphatic carbocycles. The molecule has 19 heavy (non-hydrogen) atoms. The molecule has 1 heterocycles. The third-order valence-corrected chi connectivity index (χ3v) is 6.02. The third-order valence-electron chi connectivity index (χ3n) is 2.41. The van der Waals surface area contributed by atoms with Gasteiger partial charge in [0.1, 0.15) is 0 Å². The summed E-state index contributed by atoms with van der Waals surface area (Å²) in [6.07, 6.45) is 2.82. The van der Waals surface area contributed by atoms with Gasteiger partial charge in [-0.05, 0) is 6.07 Å². The Kier molecular flexibility index (Phi) is 5.54. The largest absolute Gasteiger partial charge is 0.346 e. The van der Waals surface area contributed by atoms with Crippen molar-refractivity contribution < 1.29 is 31.9 Å². The first kappa shape index (κ1) is 16.6. The molecule has 1 aromatic heterocycles. The minimum Gasteiger partial charge on any atom is -0.323 e. The molecule has 10 heteroatoms. The normalized spacial score (nSPS) is 14.3. The van der Waals surface area contributed by atoms with Crippen molar-refractivity contribution in [3.8, 4) is 0 Å². The number of hydrogen-bond acceptors (Lipinski definition) is 4. The molecular formula is C9H15NO6PS2+. The average Bonchev–Trinajstić information content (AvgIpc) is 2.24. The van der Waals surface area contributed by atoms with Crippen LogP contribution in [0.15, 0.2) is 24.5 Å². The Balaban J connectivity index is 3.04. The van der Waals surface area contributed by atoms with Crippen LogP contribution in [-0.2, 0) is 27.6 Å². The maximum absolute atomic E-state index is 11.1. The Bertz CT molecular complexity index is 584. The number of pyridine rings is 1. The van der Waals surface area contributed by atoms with E-state index in [-0.39, 0.29) is 0 Å². The molecule has 0 saturated carbocycles. The highest BCUT2D eigenvalue weighted by molar-refractivity contribution is 7.93. The van der Waals surface area contributed by atoms with Crippen LogP contribution in [0, 0.1) is 0 Å². The first-order chi connectivity index (χ1) is 8.64. The van der Waals surface area contributed by atoms with E-state index < -0.39 is 29.1 Å². The van der Waals surface area contributed by atoms with Crippen molar-refractivity contribution >= 4 is 30.3 Å². The van der Waals surface area contributed by atoms with Crippen LogP contribution >= 0.6 is 20.2 Å². The van der Waals surface area contributed by atoms with Crippen molar-refractivity contribution in [2.24, 2.45) is 0 Å². The fourth-order valence-corrected chi connectivity index (χ4v) is 4.02. The van der Waals surface area contributed by atoms with Crippen LogP contribution in [0.5, 0.6) is 0 Å². The van der Waals surface area contributed by atoms with Gasteiger partial charge in [-0.1, -0.05) is 0 Å². The van der Waals surface area contributed by atoms with E-state index in [0.717, 1.165) is 0 Å². The van der Waals surface area contributed by atoms with E-state index in [9.17, 15) is 13.0 Å². The van der Waals surface area contributed by atoms with Crippen LogP contribution in [0.1, 0.15) is 5.56 Å². The lowest BCUT2D eigenvalue weighted by Gasteiger charge is -2.14. The zero-order chi connectivity index (χ0) is 14.7. The molecule has 1 unspecified atom stereocenters. The van der Waals surface area contributed by atoms with Crippen LogP contribution < -0.4 is 4.57 Å². The molecule has 0 aliphatic heterocycles. The maximum atomic E-state index is 11.1. The molecule has 0 aromatic carbocycles. The highest BCUT2D eigenvalue weighted by atomic mass is 32.2. The predicted molar refractivity (Wildman–Crippen MR) is 71.6 cm³/mol. The zero-order valence-corrected chi connectivity index (χ0v) is 12.4. The second-order valence-corrected chi connectivity index (χ2v) is 8.13. The average molecular weight is 328 g/mol. The first-order valence-electron chi connectivity index (χ1n) is 5.25. The lowest BCUT2D eigenvalue weighted by molar-refractivity contribution is -0.692. The van der Waals surface area contributed by atoms with Crippen LogP contribution in [0.3, 0.4) is 0 Å². The van der Waals surface area contributed by atoms with E-state index in [4.69, 9.17) is 14.3 Å². The fourth-order valence-electron chi connectivity index (χ4n) is 1.55. The van der Waals surface area contributed by atoms with Crippen molar-refractivity contribution in [1.82, 2.24) is 0 Å². The molecule has 0 radical (unpaired) electrons. The summed E-state index contributed by atoms with van der Waals surface area (Å²) < 4.78 is 43.8. The molecule has 0 bridgehead atoms. The van der Waals surface area contributed by atoms with Gasteiger partial charge in [0, 0.05) is 23.8 Å². The van der Waals surface area contributed by atoms with Crippen molar-refractivity contribution in [3.63, 3.8) is 0 Å². The zero-order valence-electron chi connectivity index (χ0n) is 9.82. The van der Waals surface area contributed by atoms with Gasteiger partial charge >= 0.3 is 7.60 Å². The highest BCUT2D eigenvalue weighted by Gasteiger charge is 2.40. The summed E-state index contributed by atoms with van der Waals surface area (Å²) in [7, 11) is -9.79. The van der Waals surface area contributed by atoms with E-state index in [1.165, 1.54) is 6.07 Å². The van der Waals surface area contributed by atoms with Gasteiger partial charge in [0.15, 0.2) is 23.9 Å². The summed E-state index contributed by atoms with van der Waals surface area (Å²) in [5.74, 6) is 0.564. The number of rotatable bonds is 6. The summed E-state index contributed by atoms with van der Waals surface area (Å²) in [5.41, 5.74) is 0.398. The van der Waals surface area contributed by atoms with E-state index in [2.05, 4.69) is 12.6 Å². The maximum Gasteiger partial charge on any atom is 0.346 e. The molecule has 1 atom stereocenters. The van der Waals surface area contributed by atoms with Crippen LogP contribution in [0.2, 0.25) is 0 Å². The van der Waals surface area contributed by atoms with Crippen LogP contribution in [0.4, 0.5) is 0 Å². The van der Waals surface area contributed by atoms with Crippen LogP contribution in [-0.4, -0.2) is 33.5 Å². The van der Waals surface area contributed by atoms with Gasteiger partial charge in [0.25, 0.3) is 10.1 Å². The topological polar surface area (TPSA) is 116 Å². The van der Waals surface area contributed by atoms with Crippen molar-refractivity contribution in [2.75, 3.05) is 5.75 Å². The van der Waals surface area contributed by atoms with E-state index >= 15 is 0 Å². The van der Waals surface area contributed by atoms with Gasteiger partial charge in [0.2, 0.25) is 0 Å². The Morgan fingerprint density at radius 2 is 2.05 bits per heavy atom. The third kappa shape index (κ3) is 5.21. The summed E-state index contributed by atoms with van der Waals surface area (Å²) in [4.78, 5) is 15.9. The number of nitrogens with zero attached hydrogens (tertiary/aromatic N) is 1. The Hall–Kier alpha value is -0.440. The SMILES string of the molecule is O=P(O)(O)C(Cc1ccc[n+](CCS)c1)S(=O)(=O)O. The standard InChI is InChI=1S/C9H14NO6PS2/c11-17(12,13)9(19(14,15)16)6-8-2-1-3-10(7-8)4-5-18/h1-3,7,9H,4-6H2,(H3-,11,12,13,14,15,16,18)/p+1. The second kappa shape index (κ2) is 6.34. The van der Waals surface area contributed by atoms with E-state index in [0.29, 0.717) is 17.9 Å². The number of aryl methyl sites for hydroxylation is 1. The van der Waals surface area contributed by atoms with Crippen molar-refractivity contribution in [1.29, 1.82) is 0 Å². The minimum atomic E-state index is -4.96. The monoisotopic (exact) mass is 328 g/mol. The molecule has 0 aliphatic rings. The van der Waals surface area contributed by atoms with Gasteiger partial charge in [-0.15, -0.1) is 0 Å². The number of hydrogen-bond donors (Lipinski definition) is 4. The lowest BCUT2D eigenvalue weighted by atomic mass is 10.2. The Morgan fingerprint density at radius 3 is 2.53 bits per heavy atom. The molecule has 108 valence electrons. The highest BCUT2D eigenvalue weighted by Crippen LogP contribution is 2.45. The Labute approximate surface area is 116 Å². The molecule has 3 N–H and O–H groups in total. The Morgan fingerprint density at radius 1 is 1.42 bits per heavy atom. The number of thiol groups is 1. The first-order valence-corrected chi connectivity index (χ1v) is 9.06. The van der Waals surface area contributed by atoms with Crippen LogP contribution in [0.25, 0.3) is 0 Å². The summed E-state index contributed by atoms with van der Waals surface area (Å²) in [6, 6.07) is 3.16. The smallest absolute Gasteiger partial charge is 0.323 e. The molecule has 0 fully saturated rings. The van der Waals surface area contributed by atoms with E-state index in [1.807, 2.05) is 0 Å². The summed E-state index contributed by atoms with van der Waals surface area (Å²) in [6.45, 7) is 0.573. The molecule has 0 amide bonds. The summed E-state index contributed by atoms with van der Waals surface area (Å²) in [5, 5.41) is 0. The van der Waals surface area contributed by atoms with Gasteiger partial charge < -0.3 is 9.79 Å². The molecule has 7 nitrogen and oxygen atoms in total. The molecule has 0 spiro atoms. The quantitative estimate of drug-likeness (QED) is 0.250. The number of aromatic nitrogens is 1. The summed E-state index contributed by atoms with van der Waals surface area (Å²) >= 11 is 4.05. The predicted octanol–water partition coefficient (Wildman–Crippen LogP) is -0.162. The fraction of sp³-hybridized carbons (Fsp3) is 0.444. The molecule has 1 rings (SSSR count). The molecular weight excluding hydrogens is 313 g/mol. The van der Waals surface area contributed by atoms with Gasteiger partial charge in [-0.25, -0.2) is 4.57 Å². The van der Waals surface area contributed by atoms with Gasteiger partial charge in [-0.2, -0.15) is 21.0 Å². The van der Waals surface area contributed by atoms with Crippen molar-refractivity contribution in [3.05, 3.63) is 30.1 Å². The second-order valence-electron chi connectivity index (χ2n) is 3.94. The molecule has 1 aromatic rings. The van der Waals surface area contributed by atoms with Crippen molar-refractivity contribution in [2.45, 2.75) is 18.0 Å². The van der Waals surface area contributed by atoms with Gasteiger partial charge in [-0.3, -0.25) is 9.12 Å². The lowest BCUT2D eigenvalue weighted by Crippen LogP contribution is -2.35. The van der Waals surface area contributed by atoms with E-state index in [1.54, 1.807) is 23.0 Å². The minimum absolute atomic E-state index is 0.398.